The Morgan fingerprint density at radius 2 is 2.08 bits per heavy atom. The molecular formula is C17H20N6O2. The van der Waals surface area contributed by atoms with E-state index in [9.17, 15) is 4.79 Å². The Labute approximate surface area is 145 Å². The number of aryl methyl sites for hydroxylation is 2. The third-order valence-corrected chi connectivity index (χ3v) is 4.07. The predicted octanol–water partition coefficient (Wildman–Crippen LogP) is 2.28. The monoisotopic (exact) mass is 340 g/mol. The molecule has 0 aliphatic rings. The van der Waals surface area contributed by atoms with Crippen LogP contribution in [0.2, 0.25) is 0 Å². The van der Waals surface area contributed by atoms with Crippen LogP contribution < -0.4 is 5.32 Å². The zero-order valence-corrected chi connectivity index (χ0v) is 14.4. The first-order valence-corrected chi connectivity index (χ1v) is 8.08. The van der Waals surface area contributed by atoms with Gasteiger partial charge in [0.05, 0.1) is 5.69 Å². The number of carbonyl (C=O) groups is 1. The molecule has 0 fully saturated rings. The minimum absolute atomic E-state index is 0.0868. The van der Waals surface area contributed by atoms with Gasteiger partial charge in [0.25, 0.3) is 0 Å². The van der Waals surface area contributed by atoms with Crippen molar-refractivity contribution in [2.75, 3.05) is 0 Å². The molecule has 0 aromatic carbocycles. The van der Waals surface area contributed by atoms with Gasteiger partial charge in [0, 0.05) is 36.5 Å². The average molecular weight is 340 g/mol. The fourth-order valence-corrected chi connectivity index (χ4v) is 2.42. The summed E-state index contributed by atoms with van der Waals surface area (Å²) in [7, 11) is 0. The van der Waals surface area contributed by atoms with Crippen molar-refractivity contribution in [1.82, 2.24) is 30.6 Å². The van der Waals surface area contributed by atoms with Crippen molar-refractivity contribution in [1.29, 1.82) is 0 Å². The lowest BCUT2D eigenvalue weighted by Crippen LogP contribution is -2.27. The van der Waals surface area contributed by atoms with Gasteiger partial charge in [-0.05, 0) is 38.5 Å². The number of aromatic amines is 1. The number of H-pyrrole nitrogens is 1. The van der Waals surface area contributed by atoms with Crippen LogP contribution in [0.25, 0.3) is 11.4 Å². The van der Waals surface area contributed by atoms with Crippen LogP contribution in [0.3, 0.4) is 0 Å². The summed E-state index contributed by atoms with van der Waals surface area (Å²) in [4.78, 5) is 20.4. The number of nitrogens with zero attached hydrogens (tertiary/aromatic N) is 4. The molecule has 130 valence electrons. The standard InChI is InChI=1S/C17H20N6O2/c1-10-11(2)21-22-14(10)4-5-15(24)19-12(3)17-20-16(23-25-17)13-6-8-18-9-7-13/h6-9,12H,4-5H2,1-3H3,(H,19,24)(H,21,22)/t12-/m1/s1. The Kier molecular flexibility index (Phi) is 4.87. The second-order valence-electron chi connectivity index (χ2n) is 5.90. The van der Waals surface area contributed by atoms with Crippen molar-refractivity contribution < 1.29 is 9.32 Å². The quantitative estimate of drug-likeness (QED) is 0.712. The van der Waals surface area contributed by atoms with Crippen LogP contribution in [0.5, 0.6) is 0 Å². The normalized spacial score (nSPS) is 12.1. The van der Waals surface area contributed by atoms with Crippen molar-refractivity contribution in [2.45, 2.75) is 39.7 Å². The zero-order valence-electron chi connectivity index (χ0n) is 14.4. The van der Waals surface area contributed by atoms with Crippen LogP contribution in [-0.2, 0) is 11.2 Å². The number of rotatable bonds is 6. The molecule has 0 saturated heterocycles. The van der Waals surface area contributed by atoms with Gasteiger partial charge in [-0.2, -0.15) is 10.1 Å². The van der Waals surface area contributed by atoms with Gasteiger partial charge in [0.1, 0.15) is 6.04 Å². The summed E-state index contributed by atoms with van der Waals surface area (Å²) < 4.78 is 5.25. The highest BCUT2D eigenvalue weighted by atomic mass is 16.5. The lowest BCUT2D eigenvalue weighted by Gasteiger charge is -2.09. The summed E-state index contributed by atoms with van der Waals surface area (Å²) in [5, 5.41) is 14.0. The van der Waals surface area contributed by atoms with Crippen molar-refractivity contribution in [3.05, 3.63) is 47.4 Å². The van der Waals surface area contributed by atoms with Gasteiger partial charge in [0.2, 0.25) is 17.6 Å². The van der Waals surface area contributed by atoms with Crippen molar-refractivity contribution >= 4 is 5.91 Å². The van der Waals surface area contributed by atoms with Crippen LogP contribution in [0, 0.1) is 13.8 Å². The first-order chi connectivity index (χ1) is 12.0. The van der Waals surface area contributed by atoms with E-state index >= 15 is 0 Å². The molecule has 2 N–H and O–H groups in total. The highest BCUT2D eigenvalue weighted by Crippen LogP contribution is 2.18. The molecule has 8 heteroatoms. The summed E-state index contributed by atoms with van der Waals surface area (Å²) in [6.45, 7) is 5.77. The molecule has 0 aliphatic carbocycles. The van der Waals surface area contributed by atoms with Crippen LogP contribution >= 0.6 is 0 Å². The second-order valence-corrected chi connectivity index (χ2v) is 5.90. The number of hydrogen-bond acceptors (Lipinski definition) is 6. The highest BCUT2D eigenvalue weighted by Gasteiger charge is 2.18. The number of hydrogen-bond donors (Lipinski definition) is 2. The third-order valence-electron chi connectivity index (χ3n) is 4.07. The molecule has 0 spiro atoms. The lowest BCUT2D eigenvalue weighted by atomic mass is 10.1. The van der Waals surface area contributed by atoms with Crippen LogP contribution in [0.15, 0.2) is 29.0 Å². The van der Waals surface area contributed by atoms with Gasteiger partial charge in [-0.25, -0.2) is 0 Å². The fraction of sp³-hybridized carbons (Fsp3) is 0.353. The summed E-state index contributed by atoms with van der Waals surface area (Å²) in [6, 6.07) is 3.23. The van der Waals surface area contributed by atoms with E-state index in [1.54, 1.807) is 24.5 Å². The maximum absolute atomic E-state index is 12.1. The Morgan fingerprint density at radius 1 is 1.32 bits per heavy atom. The number of amides is 1. The van der Waals surface area contributed by atoms with E-state index in [1.165, 1.54) is 0 Å². The van der Waals surface area contributed by atoms with Gasteiger partial charge >= 0.3 is 0 Å². The maximum atomic E-state index is 12.1. The van der Waals surface area contributed by atoms with E-state index in [1.807, 2.05) is 20.8 Å². The van der Waals surface area contributed by atoms with Crippen molar-refractivity contribution in [2.24, 2.45) is 0 Å². The average Bonchev–Trinajstić information content (AvgIpc) is 3.23. The molecule has 1 amide bonds. The molecule has 0 bridgehead atoms. The van der Waals surface area contributed by atoms with E-state index in [0.29, 0.717) is 24.6 Å². The fourth-order valence-electron chi connectivity index (χ4n) is 2.42. The first kappa shape index (κ1) is 16.8. The summed E-state index contributed by atoms with van der Waals surface area (Å²) >= 11 is 0. The predicted molar refractivity (Wildman–Crippen MR) is 90.5 cm³/mol. The minimum atomic E-state index is -0.363. The molecule has 3 aromatic rings. The third kappa shape index (κ3) is 3.90. The molecule has 0 radical (unpaired) electrons. The van der Waals surface area contributed by atoms with E-state index in [4.69, 9.17) is 4.52 Å². The van der Waals surface area contributed by atoms with Gasteiger partial charge in [0.15, 0.2) is 0 Å². The molecule has 25 heavy (non-hydrogen) atoms. The number of aromatic nitrogens is 5. The van der Waals surface area contributed by atoms with Crippen LogP contribution in [0.4, 0.5) is 0 Å². The summed E-state index contributed by atoms with van der Waals surface area (Å²) in [6.07, 6.45) is 4.26. The summed E-state index contributed by atoms with van der Waals surface area (Å²) in [5.74, 6) is 0.754. The molecule has 3 rings (SSSR count). The van der Waals surface area contributed by atoms with Gasteiger partial charge in [-0.15, -0.1) is 0 Å². The first-order valence-electron chi connectivity index (χ1n) is 8.08. The molecular weight excluding hydrogens is 320 g/mol. The zero-order chi connectivity index (χ0) is 17.8. The van der Waals surface area contributed by atoms with E-state index in [-0.39, 0.29) is 11.9 Å². The number of nitrogens with one attached hydrogen (secondary N) is 2. The Balaban J connectivity index is 1.57. The molecule has 3 aromatic heterocycles. The SMILES string of the molecule is Cc1[nH]nc(CCC(=O)N[C@H](C)c2nc(-c3ccncc3)no2)c1C. The largest absolute Gasteiger partial charge is 0.345 e. The van der Waals surface area contributed by atoms with Gasteiger partial charge < -0.3 is 9.84 Å². The maximum Gasteiger partial charge on any atom is 0.249 e. The topological polar surface area (TPSA) is 110 Å². The summed E-state index contributed by atoms with van der Waals surface area (Å²) in [5.41, 5.74) is 3.85. The molecule has 1 atom stereocenters. The highest BCUT2D eigenvalue weighted by molar-refractivity contribution is 5.76. The van der Waals surface area contributed by atoms with Crippen molar-refractivity contribution in [3.8, 4) is 11.4 Å². The van der Waals surface area contributed by atoms with Crippen LogP contribution in [-0.4, -0.2) is 31.2 Å². The number of pyridine rings is 1. The Morgan fingerprint density at radius 3 is 2.76 bits per heavy atom. The van der Waals surface area contributed by atoms with E-state index in [2.05, 4.69) is 30.6 Å². The second kappa shape index (κ2) is 7.25. The molecule has 3 heterocycles. The molecule has 8 nitrogen and oxygen atoms in total. The van der Waals surface area contributed by atoms with Crippen LogP contribution in [0.1, 0.15) is 42.2 Å². The Bertz CT molecular complexity index is 855. The number of carbonyl (C=O) groups excluding carboxylic acids is 1. The smallest absolute Gasteiger partial charge is 0.249 e. The van der Waals surface area contributed by atoms with E-state index in [0.717, 1.165) is 22.5 Å². The van der Waals surface area contributed by atoms with Crippen molar-refractivity contribution in [3.63, 3.8) is 0 Å². The molecule has 0 aliphatic heterocycles. The van der Waals surface area contributed by atoms with E-state index < -0.39 is 0 Å². The molecule has 0 unspecified atom stereocenters. The lowest BCUT2D eigenvalue weighted by molar-refractivity contribution is -0.121. The van der Waals surface area contributed by atoms with Gasteiger partial charge in [-0.3, -0.25) is 14.9 Å². The van der Waals surface area contributed by atoms with Gasteiger partial charge in [-0.1, -0.05) is 5.16 Å². The Hall–Kier alpha value is -3.03. The minimum Gasteiger partial charge on any atom is -0.345 e. The molecule has 0 saturated carbocycles.